The molecule has 0 amide bonds. The van der Waals surface area contributed by atoms with Gasteiger partial charge in [-0.1, -0.05) is 43.5 Å². The van der Waals surface area contributed by atoms with E-state index in [0.29, 0.717) is 6.61 Å². The summed E-state index contributed by atoms with van der Waals surface area (Å²) >= 11 is 0. The number of nitrogens with zero attached hydrogens (tertiary/aromatic N) is 1. The van der Waals surface area contributed by atoms with Crippen LogP contribution in [0.4, 0.5) is 0 Å². The van der Waals surface area contributed by atoms with E-state index in [2.05, 4.69) is 11.1 Å². The maximum atomic E-state index is 11.1. The van der Waals surface area contributed by atoms with Crippen molar-refractivity contribution in [2.45, 2.75) is 50.7 Å². The first-order valence-electron chi connectivity index (χ1n) is 7.91. The van der Waals surface area contributed by atoms with Crippen LogP contribution in [0.2, 0.25) is 0 Å². The molecule has 1 fully saturated rings. The Bertz CT molecular complexity index is 594. The second-order valence-electron chi connectivity index (χ2n) is 5.91. The quantitative estimate of drug-likeness (QED) is 0.923. The summed E-state index contributed by atoms with van der Waals surface area (Å²) in [6.07, 6.45) is 8.34. The van der Waals surface area contributed by atoms with E-state index in [-0.39, 0.29) is 0 Å². The van der Waals surface area contributed by atoms with Crippen molar-refractivity contribution in [3.05, 3.63) is 42.2 Å². The van der Waals surface area contributed by atoms with Gasteiger partial charge in [-0.3, -0.25) is 4.98 Å². The SMILES string of the molecule is CCOC1(C(O)c2cncc3ccccc23)CCCCC1. The molecular formula is C18H23NO2. The summed E-state index contributed by atoms with van der Waals surface area (Å²) in [6, 6.07) is 8.09. The third-order valence-corrected chi connectivity index (χ3v) is 4.62. The molecule has 21 heavy (non-hydrogen) atoms. The van der Waals surface area contributed by atoms with Crippen LogP contribution in [-0.2, 0) is 4.74 Å². The van der Waals surface area contributed by atoms with Crippen LogP contribution in [-0.4, -0.2) is 22.3 Å². The van der Waals surface area contributed by atoms with Crippen molar-refractivity contribution >= 4 is 10.8 Å². The lowest BCUT2D eigenvalue weighted by molar-refractivity contribution is -0.141. The summed E-state index contributed by atoms with van der Waals surface area (Å²) < 4.78 is 6.06. The first kappa shape index (κ1) is 14.5. The minimum atomic E-state index is -0.614. The molecule has 1 aromatic carbocycles. The van der Waals surface area contributed by atoms with Crippen LogP contribution in [0.25, 0.3) is 10.8 Å². The summed E-state index contributed by atoms with van der Waals surface area (Å²) in [5.41, 5.74) is 0.446. The predicted molar refractivity (Wildman–Crippen MR) is 84.1 cm³/mol. The highest BCUT2D eigenvalue weighted by atomic mass is 16.5. The highest BCUT2D eigenvalue weighted by Gasteiger charge is 2.41. The predicted octanol–water partition coefficient (Wildman–Crippen LogP) is 4.01. The number of ether oxygens (including phenoxy) is 1. The largest absolute Gasteiger partial charge is 0.385 e. The molecule has 0 aliphatic heterocycles. The maximum Gasteiger partial charge on any atom is 0.110 e. The van der Waals surface area contributed by atoms with Gasteiger partial charge >= 0.3 is 0 Å². The van der Waals surface area contributed by atoms with Gasteiger partial charge in [-0.25, -0.2) is 0 Å². The van der Waals surface area contributed by atoms with Gasteiger partial charge in [0.05, 0.1) is 5.60 Å². The molecule has 1 aliphatic rings. The minimum absolute atomic E-state index is 0.446. The van der Waals surface area contributed by atoms with Gasteiger partial charge < -0.3 is 9.84 Å². The lowest BCUT2D eigenvalue weighted by Crippen LogP contribution is -2.41. The molecule has 112 valence electrons. The fourth-order valence-electron chi connectivity index (χ4n) is 3.58. The summed E-state index contributed by atoms with van der Waals surface area (Å²) in [4.78, 5) is 4.30. The van der Waals surface area contributed by atoms with Gasteiger partial charge in [0.1, 0.15) is 6.10 Å². The Morgan fingerprint density at radius 3 is 2.71 bits per heavy atom. The Morgan fingerprint density at radius 2 is 1.95 bits per heavy atom. The van der Waals surface area contributed by atoms with Gasteiger partial charge in [0, 0.05) is 30.0 Å². The average Bonchev–Trinajstić information content (AvgIpc) is 2.55. The van der Waals surface area contributed by atoms with Crippen molar-refractivity contribution in [3.63, 3.8) is 0 Å². The number of pyridine rings is 1. The van der Waals surface area contributed by atoms with E-state index < -0.39 is 11.7 Å². The van der Waals surface area contributed by atoms with E-state index in [4.69, 9.17) is 4.74 Å². The zero-order valence-corrected chi connectivity index (χ0v) is 12.6. The zero-order chi connectivity index (χ0) is 14.7. The summed E-state index contributed by atoms with van der Waals surface area (Å²) in [5, 5.41) is 13.2. The van der Waals surface area contributed by atoms with E-state index in [1.54, 1.807) is 6.20 Å². The molecule has 0 saturated heterocycles. The lowest BCUT2D eigenvalue weighted by Gasteiger charge is -2.41. The van der Waals surface area contributed by atoms with E-state index in [0.717, 1.165) is 42.0 Å². The van der Waals surface area contributed by atoms with Crippen molar-refractivity contribution in [1.82, 2.24) is 4.98 Å². The third-order valence-electron chi connectivity index (χ3n) is 4.62. The second kappa shape index (κ2) is 6.12. The molecule has 3 heteroatoms. The molecule has 2 aromatic rings. The highest BCUT2D eigenvalue weighted by molar-refractivity contribution is 5.85. The number of fused-ring (bicyclic) bond motifs is 1. The van der Waals surface area contributed by atoms with Crippen LogP contribution in [0.5, 0.6) is 0 Å². The molecule has 0 radical (unpaired) electrons. The monoisotopic (exact) mass is 285 g/mol. The second-order valence-corrected chi connectivity index (χ2v) is 5.91. The molecule has 1 aliphatic carbocycles. The maximum absolute atomic E-state index is 11.1. The van der Waals surface area contributed by atoms with Crippen molar-refractivity contribution in [2.75, 3.05) is 6.61 Å². The number of aliphatic hydroxyl groups is 1. The first-order valence-corrected chi connectivity index (χ1v) is 7.91. The molecule has 1 unspecified atom stereocenters. The Balaban J connectivity index is 2.03. The number of aromatic nitrogens is 1. The number of aliphatic hydroxyl groups excluding tert-OH is 1. The zero-order valence-electron chi connectivity index (χ0n) is 12.6. The molecule has 1 atom stereocenters. The smallest absolute Gasteiger partial charge is 0.110 e. The summed E-state index contributed by atoms with van der Waals surface area (Å²) in [5.74, 6) is 0. The van der Waals surface area contributed by atoms with E-state index in [1.807, 2.05) is 31.3 Å². The number of hydrogen-bond acceptors (Lipinski definition) is 3. The molecule has 3 rings (SSSR count). The standard InChI is InChI=1S/C18H23NO2/c1-2-21-18(10-6-3-7-11-18)17(20)16-13-19-12-14-8-4-5-9-15(14)16/h4-5,8-9,12-13,17,20H,2-3,6-7,10-11H2,1H3. The molecule has 1 saturated carbocycles. The summed E-state index contributed by atoms with van der Waals surface area (Å²) in [6.45, 7) is 2.64. The van der Waals surface area contributed by atoms with Crippen molar-refractivity contribution in [1.29, 1.82) is 0 Å². The number of benzene rings is 1. The van der Waals surface area contributed by atoms with Crippen molar-refractivity contribution in [3.8, 4) is 0 Å². The van der Waals surface area contributed by atoms with Crippen molar-refractivity contribution in [2.24, 2.45) is 0 Å². The Morgan fingerprint density at radius 1 is 1.19 bits per heavy atom. The Kier molecular flexibility index (Phi) is 4.22. The van der Waals surface area contributed by atoms with Crippen molar-refractivity contribution < 1.29 is 9.84 Å². The molecule has 0 bridgehead atoms. The van der Waals surface area contributed by atoms with E-state index >= 15 is 0 Å². The fraction of sp³-hybridized carbons (Fsp3) is 0.500. The fourth-order valence-corrected chi connectivity index (χ4v) is 3.58. The summed E-state index contributed by atoms with van der Waals surface area (Å²) in [7, 11) is 0. The van der Waals surface area contributed by atoms with E-state index in [1.165, 1.54) is 6.42 Å². The van der Waals surface area contributed by atoms with Crippen LogP contribution in [0.3, 0.4) is 0 Å². The number of hydrogen-bond donors (Lipinski definition) is 1. The Hall–Kier alpha value is -1.45. The van der Waals surface area contributed by atoms with Crippen LogP contribution in [0, 0.1) is 0 Å². The van der Waals surface area contributed by atoms with Crippen LogP contribution < -0.4 is 0 Å². The van der Waals surface area contributed by atoms with Gasteiger partial charge in [-0.15, -0.1) is 0 Å². The molecule has 1 heterocycles. The van der Waals surface area contributed by atoms with Gasteiger partial charge in [-0.05, 0) is 25.2 Å². The highest BCUT2D eigenvalue weighted by Crippen LogP contribution is 2.42. The van der Waals surface area contributed by atoms with Gasteiger partial charge in [0.25, 0.3) is 0 Å². The minimum Gasteiger partial charge on any atom is -0.385 e. The Labute approximate surface area is 126 Å². The van der Waals surface area contributed by atoms with E-state index in [9.17, 15) is 5.11 Å². The first-order chi connectivity index (χ1) is 10.3. The van der Waals surface area contributed by atoms with Gasteiger partial charge in [0.2, 0.25) is 0 Å². The molecule has 1 aromatic heterocycles. The molecule has 3 nitrogen and oxygen atoms in total. The van der Waals surface area contributed by atoms with Crippen LogP contribution in [0.15, 0.2) is 36.7 Å². The number of rotatable bonds is 4. The van der Waals surface area contributed by atoms with Gasteiger partial charge in [-0.2, -0.15) is 0 Å². The third kappa shape index (κ3) is 2.68. The van der Waals surface area contributed by atoms with Gasteiger partial charge in [0.15, 0.2) is 0 Å². The van der Waals surface area contributed by atoms with Crippen LogP contribution in [0.1, 0.15) is 50.7 Å². The molecule has 1 N–H and O–H groups in total. The average molecular weight is 285 g/mol. The normalized spacial score (nSPS) is 19.5. The molecule has 0 spiro atoms. The van der Waals surface area contributed by atoms with Crippen LogP contribution >= 0.6 is 0 Å². The molecular weight excluding hydrogens is 262 g/mol. The topological polar surface area (TPSA) is 42.4 Å². The lowest BCUT2D eigenvalue weighted by atomic mass is 9.77.